The lowest BCUT2D eigenvalue weighted by Gasteiger charge is -2.21. The quantitative estimate of drug-likeness (QED) is 0.461. The second-order valence-electron chi connectivity index (χ2n) is 7.00. The number of hydrogen-bond acceptors (Lipinski definition) is 6. The number of carbonyl (C=O) groups excluding carboxylic acids is 1. The Morgan fingerprint density at radius 2 is 1.81 bits per heavy atom. The van der Waals surface area contributed by atoms with Gasteiger partial charge in [-0.05, 0) is 31.5 Å². The lowest BCUT2D eigenvalue weighted by molar-refractivity contribution is -0.384. The van der Waals surface area contributed by atoms with E-state index in [4.69, 9.17) is 0 Å². The minimum atomic E-state index is -3.95. The van der Waals surface area contributed by atoms with E-state index < -0.39 is 20.9 Å². The molecular weight excluding hydrogens is 422 g/mol. The summed E-state index contributed by atoms with van der Waals surface area (Å²) in [6.45, 7) is 3.54. The van der Waals surface area contributed by atoms with Crippen LogP contribution in [0, 0.1) is 24.0 Å². The third-order valence-corrected chi connectivity index (χ3v) is 6.57. The number of non-ortho nitro benzene ring substituents is 1. The summed E-state index contributed by atoms with van der Waals surface area (Å²) in [5, 5.41) is 17.7. The third kappa shape index (κ3) is 4.26. The molecule has 1 heterocycles. The number of sulfonamides is 1. The van der Waals surface area contributed by atoms with Gasteiger partial charge < -0.3 is 5.32 Å². The summed E-state index contributed by atoms with van der Waals surface area (Å²) in [6.07, 6.45) is 1.25. The number of nitrogens with zero attached hydrogens (tertiary/aromatic N) is 4. The van der Waals surface area contributed by atoms with E-state index in [-0.39, 0.29) is 27.7 Å². The largest absolute Gasteiger partial charge is 0.321 e. The van der Waals surface area contributed by atoms with Crippen molar-refractivity contribution in [3.05, 3.63) is 75.5 Å². The molecule has 0 radical (unpaired) electrons. The number of anilines is 2. The zero-order chi connectivity index (χ0) is 22.9. The van der Waals surface area contributed by atoms with E-state index in [9.17, 15) is 23.3 Å². The van der Waals surface area contributed by atoms with Gasteiger partial charge in [-0.3, -0.25) is 23.9 Å². The molecular formula is C20H21N5O5S. The molecule has 0 bridgehead atoms. The van der Waals surface area contributed by atoms with E-state index in [1.165, 1.54) is 55.3 Å². The molecule has 1 N–H and O–H groups in total. The number of nitrogens with one attached hydrogen (secondary N) is 1. The molecule has 0 aliphatic rings. The number of hydrogen-bond donors (Lipinski definition) is 1. The Morgan fingerprint density at radius 3 is 2.42 bits per heavy atom. The van der Waals surface area contributed by atoms with Crippen LogP contribution in [0.5, 0.6) is 0 Å². The number of nitro benzene ring substituents is 1. The van der Waals surface area contributed by atoms with Crippen molar-refractivity contribution in [1.29, 1.82) is 0 Å². The van der Waals surface area contributed by atoms with Crippen molar-refractivity contribution >= 4 is 33.1 Å². The molecule has 0 saturated carbocycles. The van der Waals surface area contributed by atoms with Gasteiger partial charge >= 0.3 is 0 Å². The van der Waals surface area contributed by atoms with Crippen molar-refractivity contribution in [1.82, 2.24) is 9.78 Å². The molecule has 1 amide bonds. The van der Waals surface area contributed by atoms with Crippen molar-refractivity contribution in [2.24, 2.45) is 7.05 Å². The maximum Gasteiger partial charge on any atom is 0.271 e. The summed E-state index contributed by atoms with van der Waals surface area (Å²) in [5.41, 5.74) is 1.61. The molecule has 3 rings (SSSR count). The van der Waals surface area contributed by atoms with Crippen molar-refractivity contribution in [3.8, 4) is 0 Å². The summed E-state index contributed by atoms with van der Waals surface area (Å²) < 4.78 is 28.4. The average molecular weight is 443 g/mol. The number of carbonyl (C=O) groups is 1. The molecule has 0 aliphatic heterocycles. The average Bonchev–Trinajstić information content (AvgIpc) is 3.10. The minimum absolute atomic E-state index is 0.00610. The number of amides is 1. The van der Waals surface area contributed by atoms with Gasteiger partial charge in [0.25, 0.3) is 21.6 Å². The summed E-state index contributed by atoms with van der Waals surface area (Å²) in [7, 11) is -1.10. The van der Waals surface area contributed by atoms with Crippen LogP contribution in [0.4, 0.5) is 17.2 Å². The third-order valence-electron chi connectivity index (χ3n) is 4.81. The summed E-state index contributed by atoms with van der Waals surface area (Å²) >= 11 is 0. The Labute approximate surface area is 179 Å². The van der Waals surface area contributed by atoms with Crippen LogP contribution in [-0.2, 0) is 17.1 Å². The van der Waals surface area contributed by atoms with Crippen molar-refractivity contribution in [3.63, 3.8) is 0 Å². The van der Waals surface area contributed by atoms with Gasteiger partial charge in [0, 0.05) is 26.2 Å². The van der Waals surface area contributed by atoms with Crippen LogP contribution < -0.4 is 9.62 Å². The first-order chi connectivity index (χ1) is 14.5. The van der Waals surface area contributed by atoms with Crippen molar-refractivity contribution in [2.75, 3.05) is 16.7 Å². The lowest BCUT2D eigenvalue weighted by atomic mass is 10.1. The second kappa shape index (κ2) is 8.19. The van der Waals surface area contributed by atoms with Crippen molar-refractivity contribution < 1.29 is 18.1 Å². The molecule has 0 atom stereocenters. The minimum Gasteiger partial charge on any atom is -0.321 e. The maximum absolute atomic E-state index is 13.1. The van der Waals surface area contributed by atoms with Gasteiger partial charge in [0.15, 0.2) is 5.82 Å². The van der Waals surface area contributed by atoms with Crippen LogP contribution >= 0.6 is 0 Å². The van der Waals surface area contributed by atoms with Gasteiger partial charge in [-0.15, -0.1) is 0 Å². The highest BCUT2D eigenvalue weighted by Gasteiger charge is 2.29. The predicted molar refractivity (Wildman–Crippen MR) is 116 cm³/mol. The van der Waals surface area contributed by atoms with Gasteiger partial charge in [-0.25, -0.2) is 8.42 Å². The summed E-state index contributed by atoms with van der Waals surface area (Å²) in [4.78, 5) is 23.5. The van der Waals surface area contributed by atoms with Crippen LogP contribution in [-0.4, -0.2) is 36.1 Å². The van der Waals surface area contributed by atoms with Crippen LogP contribution in [0.2, 0.25) is 0 Å². The summed E-state index contributed by atoms with van der Waals surface area (Å²) in [5.74, 6) is -0.584. The first kappa shape index (κ1) is 22.0. The summed E-state index contributed by atoms with van der Waals surface area (Å²) in [6, 6.07) is 10.4. The predicted octanol–water partition coefficient (Wildman–Crippen LogP) is 3.02. The Morgan fingerprint density at radius 1 is 1.16 bits per heavy atom. The highest BCUT2D eigenvalue weighted by molar-refractivity contribution is 7.92. The van der Waals surface area contributed by atoms with Gasteiger partial charge in [0.2, 0.25) is 0 Å². The highest BCUT2D eigenvalue weighted by Crippen LogP contribution is 2.27. The fraction of sp³-hybridized carbons (Fsp3) is 0.200. The number of aromatic nitrogens is 2. The van der Waals surface area contributed by atoms with Crippen molar-refractivity contribution in [2.45, 2.75) is 18.7 Å². The standard InChI is InChI=1S/C20H21N5O5S/c1-13-5-9-16(10-6-13)31(29,30)24(4)20-17(12-21-23(20)3)19(26)22-18-11-15(25(27)28)8-7-14(18)2/h5-12H,1-4H3,(H,22,26). The second-order valence-corrected chi connectivity index (χ2v) is 8.97. The zero-order valence-electron chi connectivity index (χ0n) is 17.4. The molecule has 3 aromatic rings. The molecule has 162 valence electrons. The molecule has 2 aromatic carbocycles. The van der Waals surface area contributed by atoms with Crippen LogP contribution in [0.25, 0.3) is 0 Å². The van der Waals surface area contributed by atoms with Crippen LogP contribution in [0.3, 0.4) is 0 Å². The number of aryl methyl sites for hydroxylation is 3. The fourth-order valence-corrected chi connectivity index (χ4v) is 4.24. The van der Waals surface area contributed by atoms with Gasteiger partial charge in [-0.2, -0.15) is 5.10 Å². The first-order valence-corrected chi connectivity index (χ1v) is 10.6. The normalized spacial score (nSPS) is 11.2. The lowest BCUT2D eigenvalue weighted by Crippen LogP contribution is -2.30. The molecule has 0 unspecified atom stereocenters. The highest BCUT2D eigenvalue weighted by atomic mass is 32.2. The van der Waals surface area contributed by atoms with Crippen LogP contribution in [0.1, 0.15) is 21.5 Å². The van der Waals surface area contributed by atoms with Gasteiger partial charge in [0.05, 0.1) is 21.7 Å². The smallest absolute Gasteiger partial charge is 0.271 e. The molecule has 0 fully saturated rings. The fourth-order valence-electron chi connectivity index (χ4n) is 2.99. The van der Waals surface area contributed by atoms with E-state index in [1.807, 2.05) is 6.92 Å². The van der Waals surface area contributed by atoms with E-state index in [1.54, 1.807) is 19.1 Å². The molecule has 10 nitrogen and oxygen atoms in total. The zero-order valence-corrected chi connectivity index (χ0v) is 18.2. The first-order valence-electron chi connectivity index (χ1n) is 9.16. The van der Waals surface area contributed by atoms with E-state index in [0.717, 1.165) is 9.87 Å². The molecule has 0 saturated heterocycles. The molecule has 0 spiro atoms. The maximum atomic E-state index is 13.1. The number of benzene rings is 2. The Balaban J connectivity index is 1.97. The number of nitro groups is 1. The topological polar surface area (TPSA) is 127 Å². The van der Waals surface area contributed by atoms with E-state index in [2.05, 4.69) is 10.4 Å². The molecule has 0 aliphatic carbocycles. The number of rotatable bonds is 6. The molecule has 1 aromatic heterocycles. The van der Waals surface area contributed by atoms with Gasteiger partial charge in [-0.1, -0.05) is 23.8 Å². The molecule has 31 heavy (non-hydrogen) atoms. The Hall–Kier alpha value is -3.73. The van der Waals surface area contributed by atoms with Gasteiger partial charge in [0.1, 0.15) is 5.56 Å². The monoisotopic (exact) mass is 443 g/mol. The van der Waals surface area contributed by atoms with E-state index >= 15 is 0 Å². The SMILES string of the molecule is Cc1ccc(S(=O)(=O)N(C)c2c(C(=O)Nc3cc([N+](=O)[O-])ccc3C)cnn2C)cc1. The Kier molecular flexibility index (Phi) is 5.80. The van der Waals surface area contributed by atoms with Crippen LogP contribution in [0.15, 0.2) is 53.6 Å². The molecule has 11 heteroatoms. The Bertz CT molecular complexity index is 1270. The van der Waals surface area contributed by atoms with E-state index in [0.29, 0.717) is 5.56 Å².